The molecule has 1 unspecified atom stereocenters. The maximum Gasteiger partial charge on any atom is 0.264 e. The molecular formula is C14H12Cl2N4O2S. The van der Waals surface area contributed by atoms with Crippen LogP contribution in [-0.2, 0) is 10.5 Å². The number of aliphatic imine (C=N–C) groups is 2. The zero-order chi connectivity index (χ0) is 16.4. The number of rotatable bonds is 4. The first-order valence-corrected chi connectivity index (χ1v) is 8.53. The number of carbonyl (C=O) groups excluding carboxylic acids is 1. The van der Waals surface area contributed by atoms with Gasteiger partial charge in [0.05, 0.1) is 13.2 Å². The van der Waals surface area contributed by atoms with Gasteiger partial charge in [-0.2, -0.15) is 10.1 Å². The van der Waals surface area contributed by atoms with Crippen LogP contribution in [0, 0.1) is 5.92 Å². The third kappa shape index (κ3) is 3.58. The lowest BCUT2D eigenvalue weighted by molar-refractivity contribution is -0.118. The number of nitrogens with zero attached hydrogens (tertiary/aromatic N) is 4. The summed E-state index contributed by atoms with van der Waals surface area (Å²) in [4.78, 5) is 20.4. The number of thioether (sulfide) groups is 1. The van der Waals surface area contributed by atoms with E-state index < -0.39 is 5.92 Å². The van der Waals surface area contributed by atoms with Crippen LogP contribution in [0.25, 0.3) is 0 Å². The molecule has 0 bridgehead atoms. The molecule has 2 aliphatic heterocycles. The summed E-state index contributed by atoms with van der Waals surface area (Å²) < 4.78 is 0. The third-order valence-electron chi connectivity index (χ3n) is 3.26. The van der Waals surface area contributed by atoms with Gasteiger partial charge in [0, 0.05) is 22.0 Å². The zero-order valence-electron chi connectivity index (χ0n) is 11.8. The fourth-order valence-corrected chi connectivity index (χ4v) is 3.54. The first-order valence-electron chi connectivity index (χ1n) is 6.79. The Morgan fingerprint density at radius 3 is 2.87 bits per heavy atom. The molecule has 6 nitrogen and oxygen atoms in total. The van der Waals surface area contributed by atoms with Crippen LogP contribution in [0.2, 0.25) is 10.0 Å². The predicted molar refractivity (Wildman–Crippen MR) is 93.4 cm³/mol. The molecule has 2 heterocycles. The van der Waals surface area contributed by atoms with Gasteiger partial charge in [-0.25, -0.2) is 10.0 Å². The number of carbonyl (C=O) groups is 1. The summed E-state index contributed by atoms with van der Waals surface area (Å²) in [6, 6.07) is 5.25. The summed E-state index contributed by atoms with van der Waals surface area (Å²) in [5.74, 6) is 0.169. The highest BCUT2D eigenvalue weighted by Crippen LogP contribution is 2.27. The number of hydrazone groups is 1. The number of hydrogen-bond acceptors (Lipinski definition) is 6. The van der Waals surface area contributed by atoms with Gasteiger partial charge in [0.15, 0.2) is 5.17 Å². The van der Waals surface area contributed by atoms with Gasteiger partial charge in [0.2, 0.25) is 0 Å². The Morgan fingerprint density at radius 1 is 1.30 bits per heavy atom. The molecule has 0 spiro atoms. The number of aliphatic hydroxyl groups is 1. The first kappa shape index (κ1) is 16.4. The van der Waals surface area contributed by atoms with Crippen LogP contribution in [0.15, 0.2) is 33.3 Å². The number of fused-ring (bicyclic) bond motifs is 1. The monoisotopic (exact) mass is 370 g/mol. The molecular weight excluding hydrogens is 359 g/mol. The lowest BCUT2D eigenvalue weighted by Gasteiger charge is -2.19. The average Bonchev–Trinajstić information content (AvgIpc) is 2.91. The van der Waals surface area contributed by atoms with E-state index in [2.05, 4.69) is 15.1 Å². The summed E-state index contributed by atoms with van der Waals surface area (Å²) in [6.45, 7) is 0.220. The number of amides is 1. The molecule has 23 heavy (non-hydrogen) atoms. The molecule has 1 amide bonds. The first-order chi connectivity index (χ1) is 11.1. The van der Waals surface area contributed by atoms with Gasteiger partial charge in [0.25, 0.3) is 5.91 Å². The number of amidine groups is 2. The maximum absolute atomic E-state index is 12.1. The van der Waals surface area contributed by atoms with Gasteiger partial charge in [-0.15, -0.1) is 0 Å². The van der Waals surface area contributed by atoms with Crippen molar-refractivity contribution in [3.05, 3.63) is 33.8 Å². The Balaban J connectivity index is 1.73. The molecule has 0 saturated carbocycles. The highest BCUT2D eigenvalue weighted by atomic mass is 35.5. The van der Waals surface area contributed by atoms with E-state index in [1.165, 1.54) is 23.0 Å². The molecule has 2 aliphatic rings. The highest BCUT2D eigenvalue weighted by Gasteiger charge is 2.35. The Labute approximate surface area is 146 Å². The predicted octanol–water partition coefficient (Wildman–Crippen LogP) is 2.43. The molecule has 3 rings (SSSR count). The smallest absolute Gasteiger partial charge is 0.264 e. The SMILES string of the molecule is O=C1N=C(SCc2ccc(Cl)cc2Cl)N=C2C1C=NN2CCO. The third-order valence-corrected chi connectivity index (χ3v) is 4.75. The van der Waals surface area contributed by atoms with Crippen molar-refractivity contribution < 1.29 is 9.90 Å². The van der Waals surface area contributed by atoms with Gasteiger partial charge < -0.3 is 5.11 Å². The van der Waals surface area contributed by atoms with E-state index in [0.717, 1.165) is 5.56 Å². The normalized spacial score (nSPS) is 19.7. The zero-order valence-corrected chi connectivity index (χ0v) is 14.1. The second-order valence-electron chi connectivity index (χ2n) is 4.82. The quantitative estimate of drug-likeness (QED) is 0.882. The van der Waals surface area contributed by atoms with Crippen LogP contribution < -0.4 is 0 Å². The fraction of sp³-hybridized carbons (Fsp3) is 0.286. The molecule has 0 radical (unpaired) electrons. The summed E-state index contributed by atoms with van der Waals surface area (Å²) in [6.07, 6.45) is 1.50. The van der Waals surface area contributed by atoms with E-state index in [1.807, 2.05) is 6.07 Å². The maximum atomic E-state index is 12.1. The number of β-amino-alcohol motifs (C(OH)–C–C–N with tert-alkyl or cyclic N) is 1. The van der Waals surface area contributed by atoms with Crippen molar-refractivity contribution in [1.82, 2.24) is 5.01 Å². The summed E-state index contributed by atoms with van der Waals surface area (Å²) in [7, 11) is 0. The van der Waals surface area contributed by atoms with Crippen molar-refractivity contribution in [3.63, 3.8) is 0 Å². The minimum Gasteiger partial charge on any atom is -0.394 e. The molecule has 9 heteroatoms. The topological polar surface area (TPSA) is 77.6 Å². The van der Waals surface area contributed by atoms with Crippen LogP contribution in [0.4, 0.5) is 0 Å². The van der Waals surface area contributed by atoms with E-state index in [-0.39, 0.29) is 12.5 Å². The molecule has 1 aromatic rings. The van der Waals surface area contributed by atoms with Crippen molar-refractivity contribution in [1.29, 1.82) is 0 Å². The summed E-state index contributed by atoms with van der Waals surface area (Å²) in [5.41, 5.74) is 0.883. The van der Waals surface area contributed by atoms with Crippen molar-refractivity contribution in [2.45, 2.75) is 5.75 Å². The molecule has 0 aliphatic carbocycles. The van der Waals surface area contributed by atoms with Gasteiger partial charge in [-0.1, -0.05) is 41.0 Å². The van der Waals surface area contributed by atoms with Crippen LogP contribution in [0.3, 0.4) is 0 Å². The van der Waals surface area contributed by atoms with Crippen LogP contribution in [-0.4, -0.2) is 46.4 Å². The Hall–Kier alpha value is -1.41. The van der Waals surface area contributed by atoms with Crippen molar-refractivity contribution >= 4 is 58.1 Å². The van der Waals surface area contributed by atoms with E-state index in [9.17, 15) is 4.79 Å². The molecule has 0 aromatic heterocycles. The molecule has 0 fully saturated rings. The standard InChI is InChI=1S/C14H12Cl2N4O2S/c15-9-2-1-8(11(16)5-9)7-23-14-18-12-10(13(22)19-14)6-17-20(12)3-4-21/h1-2,5-6,10,21H,3-4,7H2. The van der Waals surface area contributed by atoms with E-state index in [0.29, 0.717) is 33.3 Å². The van der Waals surface area contributed by atoms with Crippen molar-refractivity contribution in [2.24, 2.45) is 21.0 Å². The van der Waals surface area contributed by atoms with Gasteiger partial charge >= 0.3 is 0 Å². The number of benzene rings is 1. The Bertz CT molecular complexity index is 735. The van der Waals surface area contributed by atoms with Crippen LogP contribution in [0.5, 0.6) is 0 Å². The molecule has 1 atom stereocenters. The fourth-order valence-electron chi connectivity index (χ4n) is 2.13. The van der Waals surface area contributed by atoms with Crippen molar-refractivity contribution in [2.75, 3.05) is 13.2 Å². The summed E-state index contributed by atoms with van der Waals surface area (Å²) in [5, 5.41) is 16.1. The van der Waals surface area contributed by atoms with Gasteiger partial charge in [-0.3, -0.25) is 4.79 Å². The lowest BCUT2D eigenvalue weighted by atomic mass is 10.1. The Kier molecular flexibility index (Phi) is 5.01. The minimum absolute atomic E-state index is 0.0722. The van der Waals surface area contributed by atoms with Crippen LogP contribution in [0.1, 0.15) is 5.56 Å². The second-order valence-corrected chi connectivity index (χ2v) is 6.60. The second kappa shape index (κ2) is 7.00. The number of halogens is 2. The lowest BCUT2D eigenvalue weighted by Crippen LogP contribution is -2.35. The highest BCUT2D eigenvalue weighted by molar-refractivity contribution is 8.13. The molecule has 1 N–H and O–H groups in total. The van der Waals surface area contributed by atoms with Crippen molar-refractivity contribution in [3.8, 4) is 0 Å². The summed E-state index contributed by atoms with van der Waals surface area (Å²) >= 11 is 13.3. The van der Waals surface area contributed by atoms with Gasteiger partial charge in [-0.05, 0) is 17.7 Å². The van der Waals surface area contributed by atoms with Crippen LogP contribution >= 0.6 is 35.0 Å². The van der Waals surface area contributed by atoms with E-state index in [4.69, 9.17) is 28.3 Å². The Morgan fingerprint density at radius 2 is 2.13 bits per heavy atom. The minimum atomic E-state index is -0.551. The van der Waals surface area contributed by atoms with E-state index >= 15 is 0 Å². The van der Waals surface area contributed by atoms with Gasteiger partial charge in [0.1, 0.15) is 11.8 Å². The molecule has 120 valence electrons. The molecule has 1 aromatic carbocycles. The number of hydrogen-bond donors (Lipinski definition) is 1. The molecule has 0 saturated heterocycles. The average molecular weight is 371 g/mol. The largest absolute Gasteiger partial charge is 0.394 e. The number of aliphatic hydroxyl groups excluding tert-OH is 1. The van der Waals surface area contributed by atoms with E-state index in [1.54, 1.807) is 12.1 Å².